The molecule has 0 saturated carbocycles. The molecule has 1 aromatic rings. The molecule has 0 aliphatic heterocycles. The van der Waals surface area contributed by atoms with Gasteiger partial charge in [-0.2, -0.15) is 0 Å². The van der Waals surface area contributed by atoms with Gasteiger partial charge in [-0.3, -0.25) is 4.90 Å². The lowest BCUT2D eigenvalue weighted by Crippen LogP contribution is -2.25. The normalized spacial score (nSPS) is 13.3. The van der Waals surface area contributed by atoms with Crippen LogP contribution in [0, 0.1) is 0 Å². The Morgan fingerprint density at radius 2 is 2.25 bits per heavy atom. The maximum absolute atomic E-state index is 4.76. The first-order valence-corrected chi connectivity index (χ1v) is 4.03. The van der Waals surface area contributed by atoms with E-state index in [-0.39, 0.29) is 6.17 Å². The lowest BCUT2D eigenvalue weighted by atomic mass is 10.5. The van der Waals surface area contributed by atoms with E-state index >= 15 is 0 Å². The second-order valence-electron chi connectivity index (χ2n) is 2.69. The molecule has 0 aliphatic rings. The predicted octanol–water partition coefficient (Wildman–Crippen LogP) is 0.101. The molecular formula is C6H11N5S. The van der Waals surface area contributed by atoms with Crippen LogP contribution in [-0.2, 0) is 0 Å². The monoisotopic (exact) mass is 185 g/mol. The minimum atomic E-state index is 0.120. The molecule has 0 N–H and O–H groups in total. The molecule has 0 saturated heterocycles. The van der Waals surface area contributed by atoms with Crippen molar-refractivity contribution in [2.24, 2.45) is 0 Å². The number of nitrogens with zero attached hydrogens (tertiary/aromatic N) is 5. The molecule has 0 spiro atoms. The van der Waals surface area contributed by atoms with Gasteiger partial charge in [-0.25, -0.2) is 4.68 Å². The average molecular weight is 185 g/mol. The zero-order valence-electron chi connectivity index (χ0n) is 7.30. The topological polar surface area (TPSA) is 46.8 Å². The van der Waals surface area contributed by atoms with Crippen LogP contribution in [0.2, 0.25) is 0 Å². The van der Waals surface area contributed by atoms with Crippen molar-refractivity contribution >= 4 is 17.6 Å². The van der Waals surface area contributed by atoms with E-state index in [9.17, 15) is 0 Å². The van der Waals surface area contributed by atoms with Crippen molar-refractivity contribution in [3.05, 3.63) is 5.82 Å². The smallest absolute Gasteiger partial charge is 0.187 e. The Bertz CT molecular complexity index is 269. The van der Waals surface area contributed by atoms with Crippen molar-refractivity contribution < 1.29 is 0 Å². The van der Waals surface area contributed by atoms with E-state index in [1.165, 1.54) is 5.37 Å². The fraction of sp³-hybridized carbons (Fsp3) is 0.667. The average Bonchev–Trinajstić information content (AvgIpc) is 2.49. The lowest BCUT2D eigenvalue weighted by Gasteiger charge is -2.19. The van der Waals surface area contributed by atoms with Crippen molar-refractivity contribution in [1.82, 2.24) is 25.1 Å². The van der Waals surface area contributed by atoms with Crippen LogP contribution in [0.4, 0.5) is 0 Å². The van der Waals surface area contributed by atoms with Gasteiger partial charge in [-0.1, -0.05) is 12.2 Å². The molecule has 0 bridgehead atoms. The SMILES string of the molecule is CC(N(C)C)n1nnnc1C=S. The molecule has 1 unspecified atom stereocenters. The maximum atomic E-state index is 4.76. The second kappa shape index (κ2) is 3.68. The van der Waals surface area contributed by atoms with Crippen molar-refractivity contribution in [2.75, 3.05) is 14.1 Å². The van der Waals surface area contributed by atoms with Crippen molar-refractivity contribution in [2.45, 2.75) is 13.1 Å². The van der Waals surface area contributed by atoms with Gasteiger partial charge in [-0.05, 0) is 31.4 Å². The molecule has 1 rings (SSSR count). The quantitative estimate of drug-likeness (QED) is 0.625. The summed E-state index contributed by atoms with van der Waals surface area (Å²) in [5, 5.41) is 12.6. The summed E-state index contributed by atoms with van der Waals surface area (Å²) in [5.74, 6) is 0.617. The number of thiocarbonyl (C=S) groups is 1. The van der Waals surface area contributed by atoms with E-state index in [0.29, 0.717) is 5.82 Å². The van der Waals surface area contributed by atoms with E-state index in [1.54, 1.807) is 4.68 Å². The van der Waals surface area contributed by atoms with Crippen molar-refractivity contribution in [1.29, 1.82) is 0 Å². The van der Waals surface area contributed by atoms with Gasteiger partial charge in [0, 0.05) is 5.37 Å². The van der Waals surface area contributed by atoms with E-state index in [1.807, 2.05) is 25.9 Å². The van der Waals surface area contributed by atoms with Gasteiger partial charge in [-0.15, -0.1) is 5.10 Å². The summed E-state index contributed by atoms with van der Waals surface area (Å²) >= 11 is 4.76. The minimum absolute atomic E-state index is 0.120. The van der Waals surface area contributed by atoms with Gasteiger partial charge in [0.2, 0.25) is 0 Å². The Kier molecular flexibility index (Phi) is 2.83. The molecule has 0 fully saturated rings. The Balaban J connectivity index is 2.93. The third-order valence-corrected chi connectivity index (χ3v) is 1.94. The molecular weight excluding hydrogens is 174 g/mol. The van der Waals surface area contributed by atoms with Crippen LogP contribution < -0.4 is 0 Å². The standard InChI is InChI=1S/C6H11N5S/c1-5(10(2)3)11-6(4-12)7-8-9-11/h4-5H,1-3H3. The summed E-state index contributed by atoms with van der Waals surface area (Å²) in [6.07, 6.45) is 0.120. The van der Waals surface area contributed by atoms with Gasteiger partial charge >= 0.3 is 0 Å². The summed E-state index contributed by atoms with van der Waals surface area (Å²) in [4.78, 5) is 2.00. The zero-order chi connectivity index (χ0) is 9.14. The van der Waals surface area contributed by atoms with Crippen LogP contribution in [0.5, 0.6) is 0 Å². The highest BCUT2D eigenvalue weighted by atomic mass is 32.1. The number of hydrogen-bond acceptors (Lipinski definition) is 5. The van der Waals surface area contributed by atoms with Crippen molar-refractivity contribution in [3.63, 3.8) is 0 Å². The Hall–Kier alpha value is -0.880. The van der Waals surface area contributed by atoms with Gasteiger partial charge in [0.15, 0.2) is 5.82 Å². The van der Waals surface area contributed by atoms with Crippen LogP contribution >= 0.6 is 12.2 Å². The molecule has 66 valence electrons. The molecule has 0 amide bonds. The first-order chi connectivity index (χ1) is 5.66. The number of aromatic nitrogens is 4. The molecule has 1 aromatic heterocycles. The molecule has 1 atom stereocenters. The fourth-order valence-corrected chi connectivity index (χ4v) is 0.918. The molecule has 12 heavy (non-hydrogen) atoms. The summed E-state index contributed by atoms with van der Waals surface area (Å²) < 4.78 is 1.67. The Labute approximate surface area is 76.4 Å². The first kappa shape index (κ1) is 9.21. The first-order valence-electron chi connectivity index (χ1n) is 3.56. The minimum Gasteiger partial charge on any atom is -0.288 e. The number of hydrogen-bond donors (Lipinski definition) is 0. The summed E-state index contributed by atoms with van der Waals surface area (Å²) in [5.41, 5.74) is 0. The number of tetrazole rings is 1. The van der Waals surface area contributed by atoms with E-state index in [0.717, 1.165) is 0 Å². The van der Waals surface area contributed by atoms with E-state index < -0.39 is 0 Å². The second-order valence-corrected chi connectivity index (χ2v) is 2.93. The summed E-state index contributed by atoms with van der Waals surface area (Å²) in [6, 6.07) is 0. The third-order valence-electron chi connectivity index (χ3n) is 1.72. The van der Waals surface area contributed by atoms with Gasteiger partial charge < -0.3 is 0 Å². The fourth-order valence-electron chi connectivity index (χ4n) is 0.763. The molecule has 0 aromatic carbocycles. The van der Waals surface area contributed by atoms with Crippen LogP contribution in [-0.4, -0.2) is 44.6 Å². The Morgan fingerprint density at radius 1 is 1.58 bits per heavy atom. The third kappa shape index (κ3) is 1.64. The lowest BCUT2D eigenvalue weighted by molar-refractivity contribution is 0.216. The highest BCUT2D eigenvalue weighted by Crippen LogP contribution is 2.06. The van der Waals surface area contributed by atoms with Gasteiger partial charge in [0.25, 0.3) is 0 Å². The Morgan fingerprint density at radius 3 is 2.75 bits per heavy atom. The predicted molar refractivity (Wildman–Crippen MR) is 49.0 cm³/mol. The zero-order valence-corrected chi connectivity index (χ0v) is 8.12. The van der Waals surface area contributed by atoms with Crippen LogP contribution in [0.15, 0.2) is 0 Å². The van der Waals surface area contributed by atoms with Crippen molar-refractivity contribution in [3.8, 4) is 0 Å². The summed E-state index contributed by atoms with van der Waals surface area (Å²) in [6.45, 7) is 2.00. The highest BCUT2D eigenvalue weighted by Gasteiger charge is 2.11. The molecule has 1 heterocycles. The molecule has 0 radical (unpaired) electrons. The van der Waals surface area contributed by atoms with E-state index in [4.69, 9.17) is 12.2 Å². The van der Waals surface area contributed by atoms with E-state index in [2.05, 4.69) is 15.5 Å². The van der Waals surface area contributed by atoms with Gasteiger partial charge in [0.1, 0.15) is 6.17 Å². The van der Waals surface area contributed by atoms with Crippen LogP contribution in [0.3, 0.4) is 0 Å². The number of rotatable bonds is 3. The molecule has 6 heteroatoms. The largest absolute Gasteiger partial charge is 0.288 e. The van der Waals surface area contributed by atoms with Crippen LogP contribution in [0.1, 0.15) is 18.9 Å². The van der Waals surface area contributed by atoms with Gasteiger partial charge in [0.05, 0.1) is 0 Å². The molecule has 5 nitrogen and oxygen atoms in total. The maximum Gasteiger partial charge on any atom is 0.187 e. The molecule has 0 aliphatic carbocycles. The summed E-state index contributed by atoms with van der Waals surface area (Å²) in [7, 11) is 3.92. The highest BCUT2D eigenvalue weighted by molar-refractivity contribution is 7.79. The van der Waals surface area contributed by atoms with Crippen LogP contribution in [0.25, 0.3) is 0 Å².